The molecular formula is C16H11Cl2FN4. The molecule has 0 saturated heterocycles. The lowest BCUT2D eigenvalue weighted by Crippen LogP contribution is -2.04. The number of rotatable bonds is 4. The lowest BCUT2D eigenvalue weighted by molar-refractivity contribution is 0.613. The molecule has 1 N–H and O–H groups in total. The van der Waals surface area contributed by atoms with E-state index in [1.165, 1.54) is 12.3 Å². The van der Waals surface area contributed by atoms with Crippen LogP contribution in [0.4, 0.5) is 10.2 Å². The third kappa shape index (κ3) is 3.94. The maximum absolute atomic E-state index is 13.8. The van der Waals surface area contributed by atoms with Crippen molar-refractivity contribution in [1.82, 2.24) is 15.0 Å². The van der Waals surface area contributed by atoms with E-state index in [2.05, 4.69) is 20.3 Å². The number of anilines is 1. The summed E-state index contributed by atoms with van der Waals surface area (Å²) in [5.74, 6) is 0.698. The van der Waals surface area contributed by atoms with Gasteiger partial charge >= 0.3 is 0 Å². The van der Waals surface area contributed by atoms with Crippen LogP contribution in [0.25, 0.3) is 11.4 Å². The minimum Gasteiger partial charge on any atom is -0.366 e. The van der Waals surface area contributed by atoms with Gasteiger partial charge in [0.25, 0.3) is 0 Å². The van der Waals surface area contributed by atoms with Crippen LogP contribution in [0.3, 0.4) is 0 Å². The van der Waals surface area contributed by atoms with Crippen molar-refractivity contribution in [2.45, 2.75) is 6.54 Å². The molecule has 116 valence electrons. The minimum atomic E-state index is -0.363. The average Bonchev–Trinajstić information content (AvgIpc) is 2.54. The van der Waals surface area contributed by atoms with Crippen molar-refractivity contribution in [3.05, 3.63) is 70.3 Å². The molecule has 0 atom stereocenters. The maximum atomic E-state index is 13.8. The van der Waals surface area contributed by atoms with Gasteiger partial charge in [-0.3, -0.25) is 4.98 Å². The summed E-state index contributed by atoms with van der Waals surface area (Å²) in [7, 11) is 0. The molecule has 0 bridgehead atoms. The molecule has 7 heteroatoms. The van der Waals surface area contributed by atoms with E-state index in [0.29, 0.717) is 32.8 Å². The third-order valence-corrected chi connectivity index (χ3v) is 3.54. The molecule has 0 amide bonds. The summed E-state index contributed by atoms with van der Waals surface area (Å²) in [5.41, 5.74) is 1.21. The van der Waals surface area contributed by atoms with Crippen LogP contribution in [0.15, 0.2) is 48.9 Å². The van der Waals surface area contributed by atoms with E-state index in [1.807, 2.05) is 0 Å². The Kier molecular flexibility index (Phi) is 4.69. The van der Waals surface area contributed by atoms with Crippen molar-refractivity contribution in [1.29, 1.82) is 0 Å². The normalized spacial score (nSPS) is 10.6. The molecule has 3 aromatic rings. The summed E-state index contributed by atoms with van der Waals surface area (Å²) in [4.78, 5) is 12.6. The molecule has 0 spiro atoms. The van der Waals surface area contributed by atoms with Crippen LogP contribution in [-0.2, 0) is 6.54 Å². The van der Waals surface area contributed by atoms with Gasteiger partial charge in [-0.2, -0.15) is 0 Å². The van der Waals surface area contributed by atoms with Gasteiger partial charge in [-0.1, -0.05) is 29.3 Å². The zero-order valence-electron chi connectivity index (χ0n) is 11.8. The molecule has 1 aromatic carbocycles. The highest BCUT2D eigenvalue weighted by Crippen LogP contribution is 2.20. The van der Waals surface area contributed by atoms with Crippen LogP contribution >= 0.6 is 23.2 Å². The van der Waals surface area contributed by atoms with Crippen molar-refractivity contribution in [2.24, 2.45) is 0 Å². The standard InChI is InChI=1S/C16H11Cl2FN4/c17-12-2-1-10(14(19)6-12)8-22-15-3-4-21-16(23-15)11-5-13(18)9-20-7-11/h1-7,9H,8H2,(H,21,22,23). The SMILES string of the molecule is Fc1cc(Cl)ccc1CNc1ccnc(-c2cncc(Cl)c2)n1. The van der Waals surface area contributed by atoms with Gasteiger partial charge in [-0.15, -0.1) is 0 Å². The van der Waals surface area contributed by atoms with E-state index in [0.717, 1.165) is 0 Å². The molecule has 2 heterocycles. The van der Waals surface area contributed by atoms with Gasteiger partial charge in [0.15, 0.2) is 5.82 Å². The van der Waals surface area contributed by atoms with E-state index >= 15 is 0 Å². The second-order valence-corrected chi connectivity index (χ2v) is 5.62. The summed E-state index contributed by atoms with van der Waals surface area (Å²) in [6.45, 7) is 0.285. The molecule has 0 aliphatic carbocycles. The fraction of sp³-hybridized carbons (Fsp3) is 0.0625. The van der Waals surface area contributed by atoms with E-state index in [-0.39, 0.29) is 12.4 Å². The lowest BCUT2D eigenvalue weighted by Gasteiger charge is -2.08. The Hall–Kier alpha value is -2.24. The van der Waals surface area contributed by atoms with Crippen molar-refractivity contribution in [3.63, 3.8) is 0 Å². The Morgan fingerprint density at radius 2 is 1.91 bits per heavy atom. The van der Waals surface area contributed by atoms with Gasteiger partial charge in [0.1, 0.15) is 11.6 Å². The zero-order chi connectivity index (χ0) is 16.2. The second-order valence-electron chi connectivity index (χ2n) is 4.75. The number of nitrogens with one attached hydrogen (secondary N) is 1. The fourth-order valence-corrected chi connectivity index (χ4v) is 2.31. The Morgan fingerprint density at radius 3 is 2.70 bits per heavy atom. The molecule has 0 radical (unpaired) electrons. The van der Waals surface area contributed by atoms with Crippen molar-refractivity contribution < 1.29 is 4.39 Å². The molecule has 23 heavy (non-hydrogen) atoms. The number of pyridine rings is 1. The van der Waals surface area contributed by atoms with E-state index in [4.69, 9.17) is 23.2 Å². The predicted octanol–water partition coefficient (Wildman–Crippen LogP) is 4.60. The van der Waals surface area contributed by atoms with Gasteiger partial charge in [0, 0.05) is 41.3 Å². The third-order valence-electron chi connectivity index (χ3n) is 3.09. The van der Waals surface area contributed by atoms with Crippen molar-refractivity contribution in [3.8, 4) is 11.4 Å². The van der Waals surface area contributed by atoms with Gasteiger partial charge in [-0.25, -0.2) is 14.4 Å². The average molecular weight is 349 g/mol. The molecule has 4 nitrogen and oxygen atoms in total. The Bertz CT molecular complexity index is 842. The first-order valence-corrected chi connectivity index (χ1v) is 7.49. The quantitative estimate of drug-likeness (QED) is 0.748. The van der Waals surface area contributed by atoms with Gasteiger partial charge in [0.05, 0.1) is 5.02 Å². The fourth-order valence-electron chi connectivity index (χ4n) is 1.98. The van der Waals surface area contributed by atoms with Crippen LogP contribution < -0.4 is 5.32 Å². The van der Waals surface area contributed by atoms with Gasteiger partial charge < -0.3 is 5.32 Å². The Labute approximate surface area is 142 Å². The monoisotopic (exact) mass is 348 g/mol. The summed E-state index contributed by atoms with van der Waals surface area (Å²) in [5, 5.41) is 3.93. The topological polar surface area (TPSA) is 50.7 Å². The lowest BCUT2D eigenvalue weighted by atomic mass is 10.2. The van der Waals surface area contributed by atoms with Gasteiger partial charge in [0.2, 0.25) is 0 Å². The first-order valence-electron chi connectivity index (χ1n) is 6.73. The molecule has 0 unspecified atom stereocenters. The van der Waals surface area contributed by atoms with E-state index < -0.39 is 0 Å². The number of hydrogen-bond donors (Lipinski definition) is 1. The Morgan fingerprint density at radius 1 is 1.04 bits per heavy atom. The zero-order valence-corrected chi connectivity index (χ0v) is 13.3. The van der Waals surface area contributed by atoms with Crippen LogP contribution in [-0.4, -0.2) is 15.0 Å². The second kappa shape index (κ2) is 6.89. The van der Waals surface area contributed by atoms with Crippen molar-refractivity contribution in [2.75, 3.05) is 5.32 Å². The first kappa shape index (κ1) is 15.6. The van der Waals surface area contributed by atoms with E-state index in [1.54, 1.807) is 36.7 Å². The highest BCUT2D eigenvalue weighted by Gasteiger charge is 2.06. The van der Waals surface area contributed by atoms with Crippen LogP contribution in [0.2, 0.25) is 10.0 Å². The minimum absolute atomic E-state index is 0.285. The van der Waals surface area contributed by atoms with E-state index in [9.17, 15) is 4.39 Å². The van der Waals surface area contributed by atoms with Gasteiger partial charge in [-0.05, 0) is 24.3 Å². The molecule has 0 aliphatic heterocycles. The summed E-state index contributed by atoms with van der Waals surface area (Å²) >= 11 is 11.7. The van der Waals surface area contributed by atoms with Crippen LogP contribution in [0.5, 0.6) is 0 Å². The summed E-state index contributed by atoms with van der Waals surface area (Å²) in [6, 6.07) is 7.99. The molecule has 0 fully saturated rings. The first-order chi connectivity index (χ1) is 11.1. The highest BCUT2D eigenvalue weighted by molar-refractivity contribution is 6.30. The molecular weight excluding hydrogens is 338 g/mol. The largest absolute Gasteiger partial charge is 0.366 e. The maximum Gasteiger partial charge on any atom is 0.163 e. The molecule has 2 aromatic heterocycles. The number of hydrogen-bond acceptors (Lipinski definition) is 4. The predicted molar refractivity (Wildman–Crippen MR) is 89.0 cm³/mol. The Balaban J connectivity index is 1.78. The molecule has 0 saturated carbocycles. The number of aromatic nitrogens is 3. The smallest absolute Gasteiger partial charge is 0.163 e. The summed E-state index contributed by atoms with van der Waals surface area (Å²) < 4.78 is 13.8. The number of halogens is 3. The van der Waals surface area contributed by atoms with Crippen molar-refractivity contribution >= 4 is 29.0 Å². The highest BCUT2D eigenvalue weighted by atomic mass is 35.5. The number of benzene rings is 1. The molecule has 0 aliphatic rings. The van der Waals surface area contributed by atoms with Crippen LogP contribution in [0.1, 0.15) is 5.56 Å². The number of nitrogens with zero attached hydrogens (tertiary/aromatic N) is 3. The summed E-state index contributed by atoms with van der Waals surface area (Å²) in [6.07, 6.45) is 4.78. The molecule has 3 rings (SSSR count). The van der Waals surface area contributed by atoms with Crippen LogP contribution in [0, 0.1) is 5.82 Å².